The number of nitrogens with two attached hydrogens (primary N) is 1. The van der Waals surface area contributed by atoms with Crippen molar-refractivity contribution in [2.45, 2.75) is 20.0 Å². The second-order valence-corrected chi connectivity index (χ2v) is 5.59. The zero-order valence-corrected chi connectivity index (χ0v) is 12.0. The van der Waals surface area contributed by atoms with E-state index in [1.165, 1.54) is 6.07 Å². The lowest BCUT2D eigenvalue weighted by atomic mass is 9.92. The highest BCUT2D eigenvalue weighted by Gasteiger charge is 2.32. The van der Waals surface area contributed by atoms with Gasteiger partial charge in [-0.1, -0.05) is 0 Å². The predicted octanol–water partition coefficient (Wildman–Crippen LogP) is 3.39. The third kappa shape index (κ3) is 3.94. The first-order valence-corrected chi connectivity index (χ1v) is 6.25. The molecule has 3 N–H and O–H groups in total. The number of rotatable bonds is 3. The van der Waals surface area contributed by atoms with Gasteiger partial charge in [-0.25, -0.2) is 0 Å². The maximum atomic E-state index is 12.6. The molecule has 1 amide bonds. The molecule has 0 saturated carbocycles. The Morgan fingerprint density at radius 3 is 2.42 bits per heavy atom. The maximum Gasteiger partial charge on any atom is 0.416 e. The fraction of sp³-hybridized carbons (Fsp3) is 0.417. The lowest BCUT2D eigenvalue weighted by molar-refractivity contribution is -0.137. The van der Waals surface area contributed by atoms with Crippen LogP contribution in [0.4, 0.5) is 18.9 Å². The summed E-state index contributed by atoms with van der Waals surface area (Å²) in [6.07, 6.45) is -4.45. The third-order valence-electron chi connectivity index (χ3n) is 2.67. The number of hydrogen-bond acceptors (Lipinski definition) is 2. The first-order valence-electron chi connectivity index (χ1n) is 5.46. The molecule has 3 nitrogen and oxygen atoms in total. The Labute approximate surface area is 117 Å². The summed E-state index contributed by atoms with van der Waals surface area (Å²) in [5, 5.41) is 2.45. The Kier molecular flexibility index (Phi) is 4.63. The number of carbonyl (C=O) groups excluding carboxylic acids is 1. The van der Waals surface area contributed by atoms with Gasteiger partial charge in [0.1, 0.15) is 0 Å². The molecule has 7 heteroatoms. The van der Waals surface area contributed by atoms with Crippen molar-refractivity contribution in [1.82, 2.24) is 0 Å². The van der Waals surface area contributed by atoms with Gasteiger partial charge in [-0.15, -0.1) is 0 Å². The molecule has 0 unspecified atom stereocenters. The topological polar surface area (TPSA) is 55.1 Å². The molecule has 0 spiro atoms. The van der Waals surface area contributed by atoms with Crippen LogP contribution in [0.2, 0.25) is 0 Å². The Hall–Kier alpha value is -1.08. The summed E-state index contributed by atoms with van der Waals surface area (Å²) < 4.78 is 38.1. The van der Waals surface area contributed by atoms with Crippen molar-refractivity contribution in [3.63, 3.8) is 0 Å². The molecular formula is C12H14BrF3N2O. The zero-order valence-electron chi connectivity index (χ0n) is 10.4. The van der Waals surface area contributed by atoms with Crippen LogP contribution >= 0.6 is 15.9 Å². The van der Waals surface area contributed by atoms with Crippen molar-refractivity contribution in [2.24, 2.45) is 11.1 Å². The van der Waals surface area contributed by atoms with Crippen LogP contribution in [0.3, 0.4) is 0 Å². The zero-order chi connectivity index (χ0) is 14.8. The number of carbonyl (C=O) groups is 1. The van der Waals surface area contributed by atoms with E-state index in [-0.39, 0.29) is 12.2 Å². The second-order valence-electron chi connectivity index (χ2n) is 4.73. The Balaban J connectivity index is 3.05. The number of amides is 1. The van der Waals surface area contributed by atoms with E-state index >= 15 is 0 Å². The molecule has 0 radical (unpaired) electrons. The Bertz CT molecular complexity index is 486. The van der Waals surface area contributed by atoms with Gasteiger partial charge in [0.15, 0.2) is 0 Å². The van der Waals surface area contributed by atoms with Gasteiger partial charge < -0.3 is 11.1 Å². The molecule has 19 heavy (non-hydrogen) atoms. The minimum atomic E-state index is -4.45. The summed E-state index contributed by atoms with van der Waals surface area (Å²) in [5.74, 6) is -0.435. The molecule has 0 saturated heterocycles. The molecule has 0 heterocycles. The summed E-state index contributed by atoms with van der Waals surface area (Å²) in [4.78, 5) is 11.9. The molecule has 0 aliphatic rings. The fourth-order valence-corrected chi connectivity index (χ4v) is 1.53. The standard InChI is InChI=1S/C12H14BrF3N2O/c1-11(2,6-17)10(19)18-9-5-7(12(14,15)16)3-4-8(9)13/h3-5H,6,17H2,1-2H3,(H,18,19). The minimum Gasteiger partial charge on any atom is -0.329 e. The van der Waals surface area contributed by atoms with Crippen molar-refractivity contribution >= 4 is 27.5 Å². The van der Waals surface area contributed by atoms with Crippen molar-refractivity contribution in [1.29, 1.82) is 0 Å². The minimum absolute atomic E-state index is 0.0707. The highest BCUT2D eigenvalue weighted by molar-refractivity contribution is 9.10. The number of alkyl halides is 3. The molecule has 0 bridgehead atoms. The van der Waals surface area contributed by atoms with Crippen molar-refractivity contribution < 1.29 is 18.0 Å². The molecular weight excluding hydrogens is 325 g/mol. The molecule has 0 aromatic heterocycles. The van der Waals surface area contributed by atoms with Crippen LogP contribution in [0.25, 0.3) is 0 Å². The van der Waals surface area contributed by atoms with Crippen LogP contribution in [0.15, 0.2) is 22.7 Å². The molecule has 0 fully saturated rings. The van der Waals surface area contributed by atoms with Crippen LogP contribution in [-0.2, 0) is 11.0 Å². The monoisotopic (exact) mass is 338 g/mol. The first-order chi connectivity index (χ1) is 8.58. The molecule has 1 rings (SSSR count). The highest BCUT2D eigenvalue weighted by Crippen LogP contribution is 2.34. The van der Waals surface area contributed by atoms with E-state index in [0.717, 1.165) is 12.1 Å². The number of halogens is 4. The number of anilines is 1. The maximum absolute atomic E-state index is 12.6. The second kappa shape index (κ2) is 5.50. The normalized spacial score (nSPS) is 12.4. The van der Waals surface area contributed by atoms with E-state index in [4.69, 9.17) is 5.73 Å². The molecule has 0 aliphatic heterocycles. The van der Waals surface area contributed by atoms with Gasteiger partial charge in [0.2, 0.25) is 5.91 Å². The predicted molar refractivity (Wildman–Crippen MR) is 70.6 cm³/mol. The molecule has 1 aromatic rings. The number of nitrogens with one attached hydrogen (secondary N) is 1. The van der Waals surface area contributed by atoms with Gasteiger partial charge in [0, 0.05) is 11.0 Å². The van der Waals surface area contributed by atoms with E-state index in [1.807, 2.05) is 0 Å². The van der Waals surface area contributed by atoms with E-state index in [9.17, 15) is 18.0 Å². The van der Waals surface area contributed by atoms with Crippen molar-refractivity contribution in [2.75, 3.05) is 11.9 Å². The lowest BCUT2D eigenvalue weighted by Gasteiger charge is -2.22. The summed E-state index contributed by atoms with van der Waals surface area (Å²) in [6, 6.07) is 3.07. The Morgan fingerprint density at radius 2 is 1.95 bits per heavy atom. The molecule has 0 atom stereocenters. The Morgan fingerprint density at radius 1 is 1.37 bits per heavy atom. The summed E-state index contributed by atoms with van der Waals surface area (Å²) in [6.45, 7) is 3.32. The average Bonchev–Trinajstić information content (AvgIpc) is 2.30. The average molecular weight is 339 g/mol. The highest BCUT2D eigenvalue weighted by atomic mass is 79.9. The van der Waals surface area contributed by atoms with E-state index < -0.39 is 23.1 Å². The first kappa shape index (κ1) is 16.0. The summed E-state index contributed by atoms with van der Waals surface area (Å²) in [5.41, 5.74) is 3.84. The van der Waals surface area contributed by atoms with Gasteiger partial charge >= 0.3 is 6.18 Å². The molecule has 0 aliphatic carbocycles. The van der Waals surface area contributed by atoms with Gasteiger partial charge in [0.25, 0.3) is 0 Å². The smallest absolute Gasteiger partial charge is 0.329 e. The van der Waals surface area contributed by atoms with Crippen molar-refractivity contribution in [3.05, 3.63) is 28.2 Å². The quantitative estimate of drug-likeness (QED) is 0.887. The van der Waals surface area contributed by atoms with Crippen molar-refractivity contribution in [3.8, 4) is 0 Å². The number of benzene rings is 1. The third-order valence-corrected chi connectivity index (χ3v) is 3.36. The van der Waals surface area contributed by atoms with Crippen LogP contribution in [0, 0.1) is 5.41 Å². The van der Waals surface area contributed by atoms with Gasteiger partial charge in [0.05, 0.1) is 16.7 Å². The fourth-order valence-electron chi connectivity index (χ4n) is 1.18. The molecule has 1 aromatic carbocycles. The molecule has 106 valence electrons. The SMILES string of the molecule is CC(C)(CN)C(=O)Nc1cc(C(F)(F)F)ccc1Br. The lowest BCUT2D eigenvalue weighted by Crippen LogP contribution is -2.37. The van der Waals surface area contributed by atoms with Crippen LogP contribution in [0.5, 0.6) is 0 Å². The van der Waals surface area contributed by atoms with Gasteiger partial charge in [-0.05, 0) is 48.0 Å². The van der Waals surface area contributed by atoms with E-state index in [2.05, 4.69) is 21.2 Å². The largest absolute Gasteiger partial charge is 0.416 e. The van der Waals surface area contributed by atoms with E-state index in [1.54, 1.807) is 13.8 Å². The summed E-state index contributed by atoms with van der Waals surface area (Å²) in [7, 11) is 0. The van der Waals surface area contributed by atoms with Crippen LogP contribution < -0.4 is 11.1 Å². The van der Waals surface area contributed by atoms with Gasteiger partial charge in [-0.3, -0.25) is 4.79 Å². The summed E-state index contributed by atoms with van der Waals surface area (Å²) >= 11 is 3.10. The van der Waals surface area contributed by atoms with Crippen LogP contribution in [-0.4, -0.2) is 12.5 Å². The van der Waals surface area contributed by atoms with Crippen LogP contribution in [0.1, 0.15) is 19.4 Å². The van der Waals surface area contributed by atoms with Gasteiger partial charge in [-0.2, -0.15) is 13.2 Å². The number of hydrogen-bond donors (Lipinski definition) is 2. The van der Waals surface area contributed by atoms with E-state index in [0.29, 0.717) is 4.47 Å².